The van der Waals surface area contributed by atoms with E-state index in [0.717, 1.165) is 30.5 Å². The first kappa shape index (κ1) is 24.4. The molecule has 4 rings (SSSR count). The molecule has 3 aromatic rings. The molecule has 1 N–H and O–H groups in total. The van der Waals surface area contributed by atoms with Crippen molar-refractivity contribution >= 4 is 27.3 Å². The quantitative estimate of drug-likeness (QED) is 0.411. The number of aromatic nitrogens is 1. The minimum atomic E-state index is -3.90. The van der Waals surface area contributed by atoms with Gasteiger partial charge in [0.2, 0.25) is 5.91 Å². The highest BCUT2D eigenvalue weighted by molar-refractivity contribution is 7.92. The van der Waals surface area contributed by atoms with Crippen molar-refractivity contribution in [2.24, 2.45) is 11.8 Å². The lowest BCUT2D eigenvalue weighted by Crippen LogP contribution is -2.43. The van der Waals surface area contributed by atoms with Crippen molar-refractivity contribution in [1.29, 1.82) is 0 Å². The van der Waals surface area contributed by atoms with Crippen LogP contribution in [0.2, 0.25) is 5.02 Å². The summed E-state index contributed by atoms with van der Waals surface area (Å²) in [5, 5.41) is 2.67. The minimum Gasteiger partial charge on any atom is -0.349 e. The molecule has 1 aliphatic rings. The van der Waals surface area contributed by atoms with Gasteiger partial charge in [0.05, 0.1) is 22.1 Å². The van der Waals surface area contributed by atoms with Crippen molar-refractivity contribution in [2.75, 3.05) is 0 Å². The molecule has 0 saturated heterocycles. The van der Waals surface area contributed by atoms with Crippen LogP contribution in [0.4, 0.5) is 4.39 Å². The highest BCUT2D eigenvalue weighted by atomic mass is 35.5. The smallest absolute Gasteiger partial charge is 0.225 e. The Hall–Kier alpha value is -2.77. The molecule has 1 aromatic heterocycles. The number of halogens is 2. The molecule has 0 radical (unpaired) electrons. The molecule has 1 fully saturated rings. The van der Waals surface area contributed by atoms with Crippen LogP contribution in [0.15, 0.2) is 77.8 Å². The molecule has 2 aromatic carbocycles. The van der Waals surface area contributed by atoms with Gasteiger partial charge in [-0.2, -0.15) is 0 Å². The Bertz CT molecular complexity index is 1230. The number of benzene rings is 2. The monoisotopic (exact) mass is 500 g/mol. The van der Waals surface area contributed by atoms with E-state index in [0.29, 0.717) is 16.6 Å². The van der Waals surface area contributed by atoms with Gasteiger partial charge in [-0.3, -0.25) is 9.78 Å². The summed E-state index contributed by atoms with van der Waals surface area (Å²) in [6, 6.07) is 17.1. The molecule has 0 spiro atoms. The van der Waals surface area contributed by atoms with E-state index in [4.69, 9.17) is 11.6 Å². The van der Waals surface area contributed by atoms with Crippen LogP contribution >= 0.6 is 11.6 Å². The third kappa shape index (κ3) is 5.65. The van der Waals surface area contributed by atoms with Crippen LogP contribution in [-0.2, 0) is 21.1 Å². The van der Waals surface area contributed by atoms with Crippen molar-refractivity contribution in [1.82, 2.24) is 10.3 Å². The molecule has 0 aliphatic heterocycles. The fourth-order valence-electron chi connectivity index (χ4n) is 4.10. The van der Waals surface area contributed by atoms with E-state index >= 15 is 0 Å². The van der Waals surface area contributed by atoms with E-state index in [9.17, 15) is 17.6 Å². The number of sulfone groups is 1. The maximum atomic E-state index is 13.6. The fraction of sp³-hybridized carbons (Fsp3) is 0.308. The molecule has 3 atom stereocenters. The molecule has 3 unspecified atom stereocenters. The van der Waals surface area contributed by atoms with Gasteiger partial charge in [0.15, 0.2) is 9.84 Å². The van der Waals surface area contributed by atoms with Gasteiger partial charge in [-0.15, -0.1) is 0 Å². The first-order chi connectivity index (χ1) is 16.3. The first-order valence-corrected chi connectivity index (χ1v) is 13.1. The zero-order valence-corrected chi connectivity index (χ0v) is 20.3. The van der Waals surface area contributed by atoms with Crippen LogP contribution in [0.5, 0.6) is 0 Å². The lowest BCUT2D eigenvalue weighted by atomic mass is 9.96. The number of amides is 1. The molecular formula is C26H26ClFN2O3S. The van der Waals surface area contributed by atoms with Gasteiger partial charge in [0, 0.05) is 23.3 Å². The molecular weight excluding hydrogens is 475 g/mol. The molecule has 8 heteroatoms. The van der Waals surface area contributed by atoms with Crippen LogP contribution in [0.3, 0.4) is 0 Å². The summed E-state index contributed by atoms with van der Waals surface area (Å²) in [5.41, 5.74) is 1.56. The number of nitrogens with zero attached hydrogens (tertiary/aromatic N) is 1. The summed E-state index contributed by atoms with van der Waals surface area (Å²) >= 11 is 6.03. The van der Waals surface area contributed by atoms with Crippen LogP contribution in [0.1, 0.15) is 37.1 Å². The van der Waals surface area contributed by atoms with Crippen molar-refractivity contribution < 1.29 is 17.6 Å². The number of hydrogen-bond acceptors (Lipinski definition) is 4. The molecule has 1 aliphatic carbocycles. The largest absolute Gasteiger partial charge is 0.349 e. The molecule has 178 valence electrons. The average Bonchev–Trinajstić information content (AvgIpc) is 3.67. The van der Waals surface area contributed by atoms with E-state index in [2.05, 4.69) is 10.3 Å². The predicted octanol–water partition coefficient (Wildman–Crippen LogP) is 5.16. The Labute approximate surface area is 204 Å². The van der Waals surface area contributed by atoms with Gasteiger partial charge in [-0.05, 0) is 79.8 Å². The lowest BCUT2D eigenvalue weighted by Gasteiger charge is -2.27. The summed E-state index contributed by atoms with van der Waals surface area (Å²) in [7, 11) is -3.90. The van der Waals surface area contributed by atoms with Gasteiger partial charge in [0.25, 0.3) is 0 Å². The van der Waals surface area contributed by atoms with Gasteiger partial charge < -0.3 is 5.32 Å². The van der Waals surface area contributed by atoms with Gasteiger partial charge in [-0.1, -0.05) is 29.8 Å². The standard InChI is InChI=1S/C26H26ClFN2O3S/c1-17(34(32,33)23-13-11-21(28)12-14-23)24(16-22-4-2-3-15-29-22)26(31)30-25(18-5-6-18)19-7-9-20(27)10-8-19/h2-4,7-15,17-18,24-25H,5-6,16H2,1H3,(H,30,31). The molecule has 1 amide bonds. The zero-order chi connectivity index (χ0) is 24.3. The second-order valence-electron chi connectivity index (χ2n) is 8.71. The lowest BCUT2D eigenvalue weighted by molar-refractivity contribution is -0.125. The Morgan fingerprint density at radius 1 is 1.09 bits per heavy atom. The Morgan fingerprint density at radius 3 is 2.35 bits per heavy atom. The normalized spacial score (nSPS) is 16.4. The highest BCUT2D eigenvalue weighted by Crippen LogP contribution is 2.41. The summed E-state index contributed by atoms with van der Waals surface area (Å²) in [4.78, 5) is 17.9. The highest BCUT2D eigenvalue weighted by Gasteiger charge is 2.39. The van der Waals surface area contributed by atoms with E-state index < -0.39 is 26.8 Å². The van der Waals surface area contributed by atoms with Crippen LogP contribution in [0, 0.1) is 17.7 Å². The van der Waals surface area contributed by atoms with E-state index in [1.165, 1.54) is 19.1 Å². The molecule has 34 heavy (non-hydrogen) atoms. The Morgan fingerprint density at radius 2 is 1.76 bits per heavy atom. The number of pyridine rings is 1. The SMILES string of the molecule is CC(C(Cc1ccccn1)C(=O)NC(c1ccc(Cl)cc1)C1CC1)S(=O)(=O)c1ccc(F)cc1. The molecule has 1 saturated carbocycles. The number of rotatable bonds is 9. The van der Waals surface area contributed by atoms with Crippen LogP contribution in [-0.4, -0.2) is 24.6 Å². The summed E-state index contributed by atoms with van der Waals surface area (Å²) < 4.78 is 40.1. The predicted molar refractivity (Wildman–Crippen MR) is 130 cm³/mol. The third-order valence-electron chi connectivity index (χ3n) is 6.31. The van der Waals surface area contributed by atoms with Crippen molar-refractivity contribution in [3.8, 4) is 0 Å². The van der Waals surface area contributed by atoms with Crippen molar-refractivity contribution in [3.05, 3.63) is 95.0 Å². The maximum absolute atomic E-state index is 13.6. The van der Waals surface area contributed by atoms with Gasteiger partial charge >= 0.3 is 0 Å². The zero-order valence-electron chi connectivity index (χ0n) is 18.7. The number of hydrogen-bond donors (Lipinski definition) is 1. The second-order valence-corrected chi connectivity index (χ2v) is 11.5. The topological polar surface area (TPSA) is 76.1 Å². The third-order valence-corrected chi connectivity index (χ3v) is 8.80. The Kier molecular flexibility index (Phi) is 7.33. The van der Waals surface area contributed by atoms with Gasteiger partial charge in [-0.25, -0.2) is 12.8 Å². The average molecular weight is 501 g/mol. The summed E-state index contributed by atoms with van der Waals surface area (Å²) in [6.07, 6.45) is 3.75. The van der Waals surface area contributed by atoms with Crippen LogP contribution in [0.25, 0.3) is 0 Å². The summed E-state index contributed by atoms with van der Waals surface area (Å²) in [6.45, 7) is 1.53. The molecule has 1 heterocycles. The molecule has 5 nitrogen and oxygen atoms in total. The number of carbonyl (C=O) groups is 1. The number of carbonyl (C=O) groups excluding carboxylic acids is 1. The Balaban J connectivity index is 1.64. The maximum Gasteiger partial charge on any atom is 0.225 e. The molecule has 0 bridgehead atoms. The summed E-state index contributed by atoms with van der Waals surface area (Å²) in [5.74, 6) is -1.47. The first-order valence-electron chi connectivity index (χ1n) is 11.2. The van der Waals surface area contributed by atoms with Crippen molar-refractivity contribution in [2.45, 2.75) is 42.4 Å². The number of nitrogens with one attached hydrogen (secondary N) is 1. The van der Waals surface area contributed by atoms with Crippen molar-refractivity contribution in [3.63, 3.8) is 0 Å². The van der Waals surface area contributed by atoms with Crippen LogP contribution < -0.4 is 5.32 Å². The van der Waals surface area contributed by atoms with Gasteiger partial charge in [0.1, 0.15) is 5.82 Å². The van der Waals surface area contributed by atoms with E-state index in [1.54, 1.807) is 36.5 Å². The second kappa shape index (κ2) is 10.2. The minimum absolute atomic E-state index is 0.0170. The van der Waals surface area contributed by atoms with E-state index in [1.807, 2.05) is 12.1 Å². The fourth-order valence-corrected chi connectivity index (χ4v) is 5.83. The van der Waals surface area contributed by atoms with E-state index in [-0.39, 0.29) is 23.3 Å².